The summed E-state index contributed by atoms with van der Waals surface area (Å²) in [6.07, 6.45) is -21.2. The number of benzene rings is 5. The Morgan fingerprint density at radius 3 is 1.79 bits per heavy atom. The van der Waals surface area contributed by atoms with E-state index in [1.165, 1.54) is 52.9 Å². The van der Waals surface area contributed by atoms with Gasteiger partial charge in [0.1, 0.15) is 102 Å². The number of carboxylic acid groups (broad SMARTS) is 1. The lowest BCUT2D eigenvalue weighted by Gasteiger charge is -2.45. The molecule has 8 heterocycles. The summed E-state index contributed by atoms with van der Waals surface area (Å²) in [4.78, 5) is 146. The summed E-state index contributed by atoms with van der Waals surface area (Å²) >= 11 is 14.5. The third-order valence-corrected chi connectivity index (χ3v) is 20.3. The number of nitrogens with one attached hydrogen (secondary N) is 7. The van der Waals surface area contributed by atoms with Gasteiger partial charge in [-0.15, -0.1) is 0 Å². The van der Waals surface area contributed by atoms with Crippen molar-refractivity contribution in [3.63, 3.8) is 0 Å². The van der Waals surface area contributed by atoms with Crippen LogP contribution >= 0.6 is 23.2 Å². The molecule has 3 saturated heterocycles. The van der Waals surface area contributed by atoms with Crippen LogP contribution in [0.15, 0.2) is 78.9 Å². The van der Waals surface area contributed by atoms with Gasteiger partial charge in [-0.05, 0) is 124 Å². The van der Waals surface area contributed by atoms with E-state index in [0.29, 0.717) is 0 Å². The van der Waals surface area contributed by atoms with Gasteiger partial charge in [0.2, 0.25) is 53.4 Å². The van der Waals surface area contributed by atoms with Crippen molar-refractivity contribution in [2.75, 3.05) is 13.7 Å². The molecule has 38 heteroatoms. The molecule has 5 aromatic carbocycles. The number of nitrogens with two attached hydrogens (primary N) is 3. The second kappa shape index (κ2) is 32.8. The summed E-state index contributed by atoms with van der Waals surface area (Å²) in [6, 6.07) is -0.733. The molecule has 111 heavy (non-hydrogen) atoms. The average molecular weight is 1590 g/mol. The Bertz CT molecular complexity index is 4530. The number of ketones is 2. The number of aromatic hydroxyl groups is 3. The van der Waals surface area contributed by atoms with E-state index in [9.17, 15) is 69.6 Å². The number of carboxylic acids is 1. The maximum absolute atomic E-state index is 16.4. The van der Waals surface area contributed by atoms with Crippen molar-refractivity contribution in [2.45, 2.75) is 188 Å². The van der Waals surface area contributed by atoms with Gasteiger partial charge in [-0.2, -0.15) is 0 Å². The third-order valence-electron chi connectivity index (χ3n) is 19.7. The third kappa shape index (κ3) is 17.4. The lowest BCUT2D eigenvalue weighted by molar-refractivity contribution is -0.323. The number of phenols is 3. The van der Waals surface area contributed by atoms with E-state index >= 15 is 19.2 Å². The van der Waals surface area contributed by atoms with Crippen LogP contribution in [0.5, 0.6) is 46.0 Å². The number of carbonyl (C=O) groups is 10. The standard InChI is InChI=1S/C73H84Cl2N10O26/c1-26(2)14-38(79-7)64(96)84-54-56(91)30-9-12-42(36(74)16-30)106-44-18-32-19-45(60(44)111-71-61(58(93)57(92)46(25-86)108-71)110-49-24-73(6,78)63(95)28(4)105-49)107-43-13-10-31(17-37(43)75)59(109-48-23-72(5,77)62(94)27(3)104-48)55-69(101)83-53(70(102)103)35-20-33(87)21-41(89)50(35)34-15-29(8-11-40(34)88)51(66(98)85-55)82-67(99)52(32)81-65(97)39(22-47(76)90)80-68(54)100/h8-13,15-21,26-28,38-39,46,48-49,51-59,61,71,79,86-89,91-93H,14,22-25,77-78H2,1-7H3,(H2,76,90)(H,80,100)(H,81,97)(H,82,99)(H,83,101)(H,84,96)(H,85,98)(H,102,103). The zero-order valence-corrected chi connectivity index (χ0v) is 61.9. The van der Waals surface area contributed by atoms with Gasteiger partial charge in [-0.3, -0.25) is 43.2 Å². The summed E-state index contributed by atoms with van der Waals surface area (Å²) in [7, 11) is 1.47. The van der Waals surface area contributed by atoms with E-state index in [1.54, 1.807) is 0 Å². The molecule has 0 spiro atoms. The summed E-state index contributed by atoms with van der Waals surface area (Å²) in [6.45, 7) is 8.14. The van der Waals surface area contributed by atoms with Gasteiger partial charge >= 0.3 is 5.97 Å². The van der Waals surface area contributed by atoms with Crippen LogP contribution in [0.4, 0.5) is 0 Å². The molecule has 8 aliphatic rings. The highest BCUT2D eigenvalue weighted by Crippen LogP contribution is 2.50. The fourth-order valence-corrected chi connectivity index (χ4v) is 14.5. The van der Waals surface area contributed by atoms with Crippen LogP contribution in [0, 0.1) is 5.92 Å². The molecule has 5 aromatic rings. The molecule has 3 fully saturated rings. The van der Waals surface area contributed by atoms with Crippen molar-refractivity contribution in [1.82, 2.24) is 37.2 Å². The summed E-state index contributed by atoms with van der Waals surface area (Å²) in [5.41, 5.74) is 12.6. The van der Waals surface area contributed by atoms with Crippen LogP contribution in [-0.4, -0.2) is 204 Å². The molecule has 0 radical (unpaired) electrons. The fraction of sp³-hybridized carbons (Fsp3) is 0.452. The first-order valence-corrected chi connectivity index (χ1v) is 35.8. The Labute approximate surface area is 642 Å². The number of primary amides is 1. The summed E-state index contributed by atoms with van der Waals surface area (Å²) < 4.78 is 51.3. The van der Waals surface area contributed by atoms with Crippen LogP contribution in [0.25, 0.3) is 11.1 Å². The Morgan fingerprint density at radius 2 is 1.23 bits per heavy atom. The van der Waals surface area contributed by atoms with Gasteiger partial charge in [0.15, 0.2) is 47.8 Å². The first-order chi connectivity index (χ1) is 52.3. The number of Topliss-reactive ketones (excluding diaryl/α,β-unsaturated/α-hetero) is 2. The van der Waals surface area contributed by atoms with Gasteiger partial charge in [0, 0.05) is 35.6 Å². The van der Waals surface area contributed by atoms with Crippen molar-refractivity contribution in [2.24, 2.45) is 23.1 Å². The normalized spacial score (nSPS) is 30.7. The van der Waals surface area contributed by atoms with Crippen molar-refractivity contribution in [3.05, 3.63) is 117 Å². The molecule has 0 aliphatic carbocycles. The maximum atomic E-state index is 16.4. The first-order valence-electron chi connectivity index (χ1n) is 35.0. The number of carbonyl (C=O) groups excluding carboxylic acids is 9. The molecule has 13 rings (SSSR count). The smallest absolute Gasteiger partial charge is 0.330 e. The number of ether oxygens (including phenoxy) is 8. The zero-order valence-electron chi connectivity index (χ0n) is 60.4. The number of halogens is 2. The van der Waals surface area contributed by atoms with Crippen molar-refractivity contribution < 1.29 is 127 Å². The van der Waals surface area contributed by atoms with E-state index in [-0.39, 0.29) is 46.2 Å². The minimum atomic E-state index is -2.39. The molecule has 0 aromatic heterocycles. The minimum absolute atomic E-state index is 0.115. The minimum Gasteiger partial charge on any atom is -0.508 e. The van der Waals surface area contributed by atoms with E-state index in [2.05, 4.69) is 37.2 Å². The van der Waals surface area contributed by atoms with Crippen LogP contribution < -0.4 is 68.6 Å². The highest BCUT2D eigenvalue weighted by atomic mass is 35.5. The maximum Gasteiger partial charge on any atom is 0.330 e. The predicted molar refractivity (Wildman–Crippen MR) is 384 cm³/mol. The van der Waals surface area contributed by atoms with Gasteiger partial charge in [-0.1, -0.05) is 55.2 Å². The summed E-state index contributed by atoms with van der Waals surface area (Å²) in [5, 5.41) is 109. The number of hydrogen-bond acceptors (Lipinski definition) is 28. The number of aliphatic hydroxyl groups is 4. The number of amides is 7. The second-order valence-corrected chi connectivity index (χ2v) is 29.6. The highest BCUT2D eigenvalue weighted by molar-refractivity contribution is 6.32. The number of aliphatic carboxylic acids is 1. The molecule has 7 amide bonds. The van der Waals surface area contributed by atoms with Gasteiger partial charge in [0.25, 0.3) is 0 Å². The fourth-order valence-electron chi connectivity index (χ4n) is 14.0. The highest BCUT2D eigenvalue weighted by Gasteiger charge is 2.52. The Balaban J connectivity index is 1.19. The number of fused-ring (bicyclic) bond motifs is 15. The van der Waals surface area contributed by atoms with E-state index in [4.69, 9.17) is 78.3 Å². The Kier molecular flexibility index (Phi) is 24.3. The Morgan fingerprint density at radius 1 is 0.658 bits per heavy atom. The van der Waals surface area contributed by atoms with Gasteiger partial charge in [-0.25, -0.2) is 4.79 Å². The number of rotatable bonds is 15. The quantitative estimate of drug-likeness (QED) is 0.0688. The number of phenolic OH excluding ortho intramolecular Hbond substituents is 3. The van der Waals surface area contributed by atoms with Crippen LogP contribution in [0.3, 0.4) is 0 Å². The first kappa shape index (κ1) is 82.1. The molecular formula is C73H84Cl2N10O26. The predicted octanol–water partition coefficient (Wildman–Crippen LogP) is 0.760. The van der Waals surface area contributed by atoms with Gasteiger partial charge < -0.3 is 133 Å². The Hall–Kier alpha value is -9.90. The van der Waals surface area contributed by atoms with Crippen molar-refractivity contribution in [1.29, 1.82) is 0 Å². The molecule has 0 saturated carbocycles. The molecular weight excluding hydrogens is 1500 g/mol. The summed E-state index contributed by atoms with van der Waals surface area (Å²) in [5.74, 6) is -17.4. The van der Waals surface area contributed by atoms with Crippen LogP contribution in [0.1, 0.15) is 125 Å². The molecule has 20 unspecified atom stereocenters. The zero-order chi connectivity index (χ0) is 80.9. The van der Waals surface area contributed by atoms with Gasteiger partial charge in [0.05, 0.1) is 40.2 Å². The van der Waals surface area contributed by atoms with E-state index < -0.39 is 267 Å². The molecule has 20 atom stereocenters. The number of likely N-dealkylation sites (N-methyl/N-ethyl adjacent to an activating group) is 1. The molecule has 21 N–H and O–H groups in total. The number of hydrogen-bond donors (Lipinski definition) is 18. The second-order valence-electron chi connectivity index (χ2n) is 28.8. The SMILES string of the molecule is CNC(CC(C)C)C(=O)NC1C(=O)NC(CC(N)=O)C(=O)NC2C(=O)NC3C(=O)NC(C(=O)NC(C(=O)O)c4cc(O)cc(O)c4-c4cc3ccc4O)C(OC3CC(C)(N)C(=O)C(C)O3)c3ccc(c(Cl)c3)Oc3cc2cc(c3OC2OC(CO)C(O)C(O)C2OC2CC(C)(N)C(=O)C(C)O2)Oc2ccc(cc2Cl)C1O. The van der Waals surface area contributed by atoms with Crippen LogP contribution in [-0.2, 0) is 71.6 Å². The molecule has 596 valence electrons. The van der Waals surface area contributed by atoms with Crippen molar-refractivity contribution >= 4 is 82.1 Å². The largest absolute Gasteiger partial charge is 0.508 e. The average Bonchev–Trinajstić information content (AvgIpc) is 0.763. The monoisotopic (exact) mass is 1590 g/mol. The number of aliphatic hydroxyl groups excluding tert-OH is 4. The van der Waals surface area contributed by atoms with E-state index in [0.717, 1.165) is 60.7 Å². The van der Waals surface area contributed by atoms with Crippen molar-refractivity contribution in [3.8, 4) is 57.1 Å². The topological polar surface area (TPSA) is 569 Å². The molecule has 36 nitrogen and oxygen atoms in total. The van der Waals surface area contributed by atoms with E-state index in [1.807, 2.05) is 13.8 Å². The molecule has 8 aliphatic heterocycles. The van der Waals surface area contributed by atoms with Crippen LogP contribution in [0.2, 0.25) is 10.0 Å². The lowest BCUT2D eigenvalue weighted by Crippen LogP contribution is -2.63. The molecule has 11 bridgehead atoms. The lowest BCUT2D eigenvalue weighted by atomic mass is 9.88.